The molecule has 1 heterocycles. The van der Waals surface area contributed by atoms with Gasteiger partial charge in [-0.25, -0.2) is 4.39 Å². The quantitative estimate of drug-likeness (QED) is 0.905. The molecule has 0 aliphatic carbocycles. The van der Waals surface area contributed by atoms with Gasteiger partial charge in [0.1, 0.15) is 5.82 Å². The van der Waals surface area contributed by atoms with Gasteiger partial charge in [0.25, 0.3) is 0 Å². The summed E-state index contributed by atoms with van der Waals surface area (Å²) in [6.07, 6.45) is -0.829. The average Bonchev–Trinajstić information content (AvgIpc) is 2.81. The maximum atomic E-state index is 14.0. The largest absolute Gasteiger partial charge is 0.388 e. The van der Waals surface area contributed by atoms with Crippen molar-refractivity contribution >= 4 is 22.9 Å². The lowest BCUT2D eigenvalue weighted by atomic mass is 9.88. The van der Waals surface area contributed by atoms with E-state index in [0.29, 0.717) is 5.56 Å². The first-order valence-corrected chi connectivity index (χ1v) is 7.23. The van der Waals surface area contributed by atoms with Crippen LogP contribution in [0.3, 0.4) is 0 Å². The van der Waals surface area contributed by atoms with Crippen molar-refractivity contribution in [2.45, 2.75) is 18.9 Å². The maximum Gasteiger partial charge on any atom is 0.145 e. The maximum absolute atomic E-state index is 14.0. The van der Waals surface area contributed by atoms with Crippen LogP contribution in [-0.2, 0) is 0 Å². The van der Waals surface area contributed by atoms with Gasteiger partial charge in [-0.2, -0.15) is 11.3 Å². The van der Waals surface area contributed by atoms with Crippen LogP contribution in [0.2, 0.25) is 5.02 Å². The third-order valence-corrected chi connectivity index (χ3v) is 4.40. The topological polar surface area (TPSA) is 46.2 Å². The molecule has 2 atom stereocenters. The second-order valence-electron chi connectivity index (χ2n) is 4.44. The first-order valence-electron chi connectivity index (χ1n) is 5.91. The van der Waals surface area contributed by atoms with Gasteiger partial charge in [0.2, 0.25) is 0 Å². The highest BCUT2D eigenvalue weighted by molar-refractivity contribution is 7.08. The van der Waals surface area contributed by atoms with Gasteiger partial charge in [-0.05, 0) is 40.4 Å². The molecule has 2 rings (SSSR count). The number of aliphatic hydroxyl groups excluding tert-OH is 1. The van der Waals surface area contributed by atoms with E-state index in [9.17, 15) is 9.50 Å². The van der Waals surface area contributed by atoms with Crippen molar-refractivity contribution in [2.75, 3.05) is 6.54 Å². The molecular formula is C14H15ClFNOS. The number of hydrogen-bond acceptors (Lipinski definition) is 3. The highest BCUT2D eigenvalue weighted by atomic mass is 35.5. The molecule has 1 aromatic heterocycles. The summed E-state index contributed by atoms with van der Waals surface area (Å²) in [6, 6.07) is 4.76. The normalized spacial score (nSPS) is 14.4. The zero-order valence-corrected chi connectivity index (χ0v) is 12.0. The first kappa shape index (κ1) is 14.5. The molecule has 102 valence electrons. The molecule has 0 bridgehead atoms. The Balaban J connectivity index is 2.40. The second-order valence-corrected chi connectivity index (χ2v) is 5.59. The van der Waals surface area contributed by atoms with Crippen LogP contribution >= 0.6 is 22.9 Å². The van der Waals surface area contributed by atoms with Crippen LogP contribution in [0.1, 0.15) is 28.7 Å². The number of nitrogens with two attached hydrogens (primary N) is 1. The van der Waals surface area contributed by atoms with E-state index in [1.54, 1.807) is 12.1 Å². The van der Waals surface area contributed by atoms with E-state index in [-0.39, 0.29) is 11.6 Å². The van der Waals surface area contributed by atoms with E-state index in [1.165, 1.54) is 17.4 Å². The summed E-state index contributed by atoms with van der Waals surface area (Å²) in [5, 5.41) is 14.3. The molecule has 0 aliphatic rings. The van der Waals surface area contributed by atoms with E-state index < -0.39 is 17.8 Å². The lowest BCUT2D eigenvalue weighted by Gasteiger charge is -2.23. The van der Waals surface area contributed by atoms with Crippen molar-refractivity contribution in [3.05, 3.63) is 56.5 Å². The summed E-state index contributed by atoms with van der Waals surface area (Å²) >= 11 is 7.28. The van der Waals surface area contributed by atoms with Crippen LogP contribution in [0.4, 0.5) is 4.39 Å². The monoisotopic (exact) mass is 299 g/mol. The molecule has 0 spiro atoms. The Morgan fingerprint density at radius 1 is 1.37 bits per heavy atom. The predicted molar refractivity (Wildman–Crippen MR) is 77.2 cm³/mol. The number of benzene rings is 1. The molecule has 19 heavy (non-hydrogen) atoms. The Morgan fingerprint density at radius 3 is 2.68 bits per heavy atom. The Morgan fingerprint density at radius 2 is 2.11 bits per heavy atom. The van der Waals surface area contributed by atoms with Crippen LogP contribution < -0.4 is 5.73 Å². The molecule has 0 fully saturated rings. The molecule has 0 radical (unpaired) electrons. The van der Waals surface area contributed by atoms with Crippen LogP contribution in [0.5, 0.6) is 0 Å². The summed E-state index contributed by atoms with van der Waals surface area (Å²) in [5.41, 5.74) is 7.85. The van der Waals surface area contributed by atoms with Crippen LogP contribution in [0.25, 0.3) is 0 Å². The third kappa shape index (κ3) is 2.82. The molecule has 0 amide bonds. The number of hydrogen-bond donors (Lipinski definition) is 2. The summed E-state index contributed by atoms with van der Waals surface area (Å²) < 4.78 is 14.0. The Bertz CT molecular complexity index is 572. The SMILES string of the molecule is Cc1cscc1C(O)C(CN)c1cccc(Cl)c1F. The lowest BCUT2D eigenvalue weighted by molar-refractivity contribution is 0.145. The molecule has 3 N–H and O–H groups in total. The molecule has 2 unspecified atom stereocenters. The van der Waals surface area contributed by atoms with Gasteiger partial charge in [-0.15, -0.1) is 0 Å². The summed E-state index contributed by atoms with van der Waals surface area (Å²) in [7, 11) is 0. The molecular weight excluding hydrogens is 285 g/mol. The fourth-order valence-electron chi connectivity index (χ4n) is 2.12. The molecule has 0 saturated heterocycles. The lowest BCUT2D eigenvalue weighted by Crippen LogP contribution is -2.21. The molecule has 0 saturated carbocycles. The van der Waals surface area contributed by atoms with Crippen molar-refractivity contribution in [1.82, 2.24) is 0 Å². The number of aryl methyl sites for hydroxylation is 1. The van der Waals surface area contributed by atoms with Crippen molar-refractivity contribution in [3.8, 4) is 0 Å². The second kappa shape index (κ2) is 6.01. The van der Waals surface area contributed by atoms with E-state index in [0.717, 1.165) is 11.1 Å². The van der Waals surface area contributed by atoms with Gasteiger partial charge in [-0.3, -0.25) is 0 Å². The Hall–Kier alpha value is -0.940. The minimum atomic E-state index is -0.829. The first-order chi connectivity index (χ1) is 9.06. The zero-order valence-electron chi connectivity index (χ0n) is 10.4. The van der Waals surface area contributed by atoms with Crippen molar-refractivity contribution in [1.29, 1.82) is 0 Å². The minimum Gasteiger partial charge on any atom is -0.388 e. The summed E-state index contributed by atoms with van der Waals surface area (Å²) in [5.74, 6) is -1.02. The smallest absolute Gasteiger partial charge is 0.145 e. The molecule has 0 aliphatic heterocycles. The van der Waals surface area contributed by atoms with Crippen molar-refractivity contribution < 1.29 is 9.50 Å². The Kier molecular flexibility index (Phi) is 4.58. The Labute approximate surface area is 120 Å². The highest BCUT2D eigenvalue weighted by Crippen LogP contribution is 2.35. The summed E-state index contributed by atoms with van der Waals surface area (Å²) in [4.78, 5) is 0. The fraction of sp³-hybridized carbons (Fsp3) is 0.286. The van der Waals surface area contributed by atoms with Gasteiger partial charge < -0.3 is 10.8 Å². The third-order valence-electron chi connectivity index (χ3n) is 3.23. The molecule has 2 nitrogen and oxygen atoms in total. The van der Waals surface area contributed by atoms with Crippen molar-refractivity contribution in [2.24, 2.45) is 5.73 Å². The van der Waals surface area contributed by atoms with Crippen LogP contribution in [-0.4, -0.2) is 11.7 Å². The number of rotatable bonds is 4. The fourth-order valence-corrected chi connectivity index (χ4v) is 3.18. The number of aliphatic hydroxyl groups is 1. The van der Waals surface area contributed by atoms with E-state index in [2.05, 4.69) is 0 Å². The van der Waals surface area contributed by atoms with Crippen LogP contribution in [0.15, 0.2) is 29.0 Å². The van der Waals surface area contributed by atoms with Gasteiger partial charge in [0, 0.05) is 12.5 Å². The standard InChI is InChI=1S/C14H15ClFNOS/c1-8-6-19-7-11(8)14(18)10(5-17)9-3-2-4-12(15)13(9)16/h2-4,6-7,10,14,18H,5,17H2,1H3. The molecule has 1 aromatic carbocycles. The molecule has 5 heteroatoms. The van der Waals surface area contributed by atoms with E-state index in [1.807, 2.05) is 17.7 Å². The van der Waals surface area contributed by atoms with E-state index in [4.69, 9.17) is 17.3 Å². The average molecular weight is 300 g/mol. The van der Waals surface area contributed by atoms with Gasteiger partial charge in [0.15, 0.2) is 0 Å². The van der Waals surface area contributed by atoms with Crippen LogP contribution in [0, 0.1) is 12.7 Å². The molecule has 2 aromatic rings. The number of halogens is 2. The minimum absolute atomic E-state index is 0.0465. The number of thiophene rings is 1. The predicted octanol–water partition coefficient (Wildman–Crippen LogP) is 3.62. The van der Waals surface area contributed by atoms with Gasteiger partial charge in [-0.1, -0.05) is 23.7 Å². The highest BCUT2D eigenvalue weighted by Gasteiger charge is 2.26. The summed E-state index contributed by atoms with van der Waals surface area (Å²) in [6.45, 7) is 2.06. The van der Waals surface area contributed by atoms with Crippen molar-refractivity contribution in [3.63, 3.8) is 0 Å². The zero-order chi connectivity index (χ0) is 14.0. The van der Waals surface area contributed by atoms with Gasteiger partial charge in [0.05, 0.1) is 11.1 Å². The van der Waals surface area contributed by atoms with E-state index >= 15 is 0 Å². The van der Waals surface area contributed by atoms with Gasteiger partial charge >= 0.3 is 0 Å².